The second kappa shape index (κ2) is 22.5. The van der Waals surface area contributed by atoms with Crippen LogP contribution < -0.4 is 0 Å². The summed E-state index contributed by atoms with van der Waals surface area (Å²) in [6.07, 6.45) is 9.20. The molecular formula is C22H33Cl2P2Zr+. The van der Waals surface area contributed by atoms with Crippen molar-refractivity contribution in [1.29, 1.82) is 0 Å². The van der Waals surface area contributed by atoms with Gasteiger partial charge in [0.15, 0.2) is 0 Å². The van der Waals surface area contributed by atoms with E-state index in [1.54, 1.807) is 0 Å². The van der Waals surface area contributed by atoms with Crippen molar-refractivity contribution in [3.8, 4) is 0 Å². The summed E-state index contributed by atoms with van der Waals surface area (Å²) in [4.78, 5) is 0. The summed E-state index contributed by atoms with van der Waals surface area (Å²) >= 11 is -0.826. The van der Waals surface area contributed by atoms with Crippen LogP contribution in [0, 0.1) is 6.08 Å². The van der Waals surface area contributed by atoms with Gasteiger partial charge in [-0.2, -0.15) is 0 Å². The zero-order chi connectivity index (χ0) is 20.9. The van der Waals surface area contributed by atoms with Gasteiger partial charge in [0.2, 0.25) is 0 Å². The maximum atomic E-state index is 4.93. The van der Waals surface area contributed by atoms with Crippen LogP contribution in [0.1, 0.15) is 11.1 Å². The Bertz CT molecular complexity index is 527. The van der Waals surface area contributed by atoms with Gasteiger partial charge in [0.25, 0.3) is 0 Å². The minimum atomic E-state index is -0.826. The van der Waals surface area contributed by atoms with E-state index in [-0.39, 0.29) is 15.8 Å². The molecule has 0 heterocycles. The third kappa shape index (κ3) is 28.5. The quantitative estimate of drug-likeness (QED) is 0.221. The van der Waals surface area contributed by atoms with Gasteiger partial charge in [-0.15, -0.1) is 48.1 Å². The number of hydrogen-bond acceptors (Lipinski definition) is 0. The van der Waals surface area contributed by atoms with Crippen molar-refractivity contribution in [2.24, 2.45) is 0 Å². The first-order chi connectivity index (χ1) is 12.8. The van der Waals surface area contributed by atoms with E-state index in [4.69, 9.17) is 17.0 Å². The van der Waals surface area contributed by atoms with Gasteiger partial charge in [0.1, 0.15) is 0 Å². The first-order valence-electron chi connectivity index (χ1n) is 8.69. The normalized spacial score (nSPS) is 9.85. The van der Waals surface area contributed by atoms with Crippen LogP contribution in [0.4, 0.5) is 0 Å². The van der Waals surface area contributed by atoms with Crippen molar-refractivity contribution in [2.75, 3.05) is 40.0 Å². The summed E-state index contributed by atoms with van der Waals surface area (Å²) in [6.45, 7) is 13.6. The Balaban J connectivity index is 0. The molecule has 0 nitrogen and oxygen atoms in total. The average molecular weight is 522 g/mol. The summed E-state index contributed by atoms with van der Waals surface area (Å²) < 4.78 is 0. The van der Waals surface area contributed by atoms with Gasteiger partial charge in [0.05, 0.1) is 0 Å². The number of benzene rings is 2. The van der Waals surface area contributed by atoms with Crippen LogP contribution in [-0.4, -0.2) is 40.0 Å². The third-order valence-electron chi connectivity index (χ3n) is 2.21. The van der Waals surface area contributed by atoms with Crippen molar-refractivity contribution >= 4 is 38.9 Å². The van der Waals surface area contributed by atoms with Crippen molar-refractivity contribution in [3.05, 3.63) is 90.0 Å². The summed E-state index contributed by atoms with van der Waals surface area (Å²) in [5.74, 6) is 0. The predicted molar refractivity (Wildman–Crippen MR) is 133 cm³/mol. The molecule has 2 aromatic carbocycles. The number of allylic oxidation sites excluding steroid dienone is 2. The summed E-state index contributed by atoms with van der Waals surface area (Å²) in [6, 6.07) is 20.3. The van der Waals surface area contributed by atoms with Gasteiger partial charge >= 0.3 is 37.9 Å². The van der Waals surface area contributed by atoms with E-state index in [0.717, 1.165) is 5.56 Å². The average Bonchev–Trinajstić information content (AvgIpc) is 2.60. The first-order valence-corrected chi connectivity index (χ1v) is 21.0. The Morgan fingerprint density at radius 1 is 0.741 bits per heavy atom. The molecule has 2 rings (SSSR count). The zero-order valence-corrected chi connectivity index (χ0v) is 23.2. The van der Waals surface area contributed by atoms with Crippen LogP contribution >= 0.6 is 32.9 Å². The van der Waals surface area contributed by atoms with E-state index in [2.05, 4.69) is 64.3 Å². The van der Waals surface area contributed by atoms with Crippen LogP contribution in [0.2, 0.25) is 0 Å². The topological polar surface area (TPSA) is 0 Å². The SMILES string of the molecule is C[PH+](C)C.C[PH+](C)C.[C-](=CC=Cc1ccccc1)c1ccccc1.[Cl][Zr][Cl]. The van der Waals surface area contributed by atoms with E-state index in [1.165, 1.54) is 5.56 Å². The van der Waals surface area contributed by atoms with Gasteiger partial charge in [-0.1, -0.05) is 42.5 Å². The Labute approximate surface area is 188 Å². The van der Waals surface area contributed by atoms with Gasteiger partial charge in [-0.05, 0) is 21.4 Å². The Kier molecular flexibility index (Phi) is 24.6. The summed E-state index contributed by atoms with van der Waals surface area (Å²) in [5.41, 5.74) is 2.30. The maximum absolute atomic E-state index is 4.93. The van der Waals surface area contributed by atoms with Crippen LogP contribution in [-0.2, 0) is 20.8 Å². The third-order valence-corrected chi connectivity index (χ3v) is 2.21. The second-order valence-electron chi connectivity index (χ2n) is 6.52. The molecule has 0 aliphatic rings. The number of hydrogen-bond donors (Lipinski definition) is 0. The van der Waals surface area contributed by atoms with E-state index in [1.807, 2.05) is 60.7 Å². The zero-order valence-electron chi connectivity index (χ0n) is 17.3. The fourth-order valence-electron chi connectivity index (χ4n) is 1.40. The molecule has 0 amide bonds. The number of halogens is 2. The van der Waals surface area contributed by atoms with Crippen molar-refractivity contribution < 1.29 is 20.8 Å². The molecule has 5 heteroatoms. The molecule has 0 aromatic heterocycles. The van der Waals surface area contributed by atoms with E-state index < -0.39 is 20.8 Å². The van der Waals surface area contributed by atoms with E-state index >= 15 is 0 Å². The van der Waals surface area contributed by atoms with Crippen molar-refractivity contribution in [3.63, 3.8) is 0 Å². The Morgan fingerprint density at radius 2 is 1.11 bits per heavy atom. The van der Waals surface area contributed by atoms with Crippen LogP contribution in [0.25, 0.3) is 6.08 Å². The standard InChI is InChI=1S/C16H13.2C3H9P.2ClH.Zr/c1-3-9-15(10-4-1)13-7-8-14-16-11-5-2-6-12-16;2*1-4(2)3;;;/h1-13H;2*1-3H3;2*1H;/q-1;;;;;+2. The van der Waals surface area contributed by atoms with Crippen molar-refractivity contribution in [2.45, 2.75) is 0 Å². The molecule has 148 valence electrons. The van der Waals surface area contributed by atoms with Crippen LogP contribution in [0.3, 0.4) is 0 Å². The molecule has 0 saturated heterocycles. The van der Waals surface area contributed by atoms with Gasteiger partial charge in [-0.3, -0.25) is 0 Å². The number of rotatable bonds is 3. The fraction of sp³-hybridized carbons (Fsp3) is 0.273. The summed E-state index contributed by atoms with van der Waals surface area (Å²) in [7, 11) is 10.1. The monoisotopic (exact) mass is 519 g/mol. The second-order valence-corrected chi connectivity index (χ2v) is 16.3. The first kappa shape index (κ1) is 29.4. The molecule has 0 aliphatic carbocycles. The minimum absolute atomic E-state index is 0.120. The predicted octanol–water partition coefficient (Wildman–Crippen LogP) is 7.66. The Morgan fingerprint density at radius 3 is 1.52 bits per heavy atom. The van der Waals surface area contributed by atoms with Crippen LogP contribution in [0.5, 0.6) is 0 Å². The summed E-state index contributed by atoms with van der Waals surface area (Å²) in [5, 5.41) is 0. The molecule has 2 aromatic rings. The van der Waals surface area contributed by atoms with E-state index in [9.17, 15) is 0 Å². The molecule has 0 spiro atoms. The molecule has 0 N–H and O–H groups in total. The van der Waals surface area contributed by atoms with Gasteiger partial charge in [0, 0.05) is 40.0 Å². The molecule has 0 bridgehead atoms. The molecule has 0 atom stereocenters. The van der Waals surface area contributed by atoms with Crippen LogP contribution in [0.15, 0.2) is 72.8 Å². The van der Waals surface area contributed by atoms with Gasteiger partial charge < -0.3 is 0 Å². The van der Waals surface area contributed by atoms with Gasteiger partial charge in [-0.25, -0.2) is 0 Å². The van der Waals surface area contributed by atoms with Crippen molar-refractivity contribution in [1.82, 2.24) is 0 Å². The molecule has 0 fully saturated rings. The molecule has 27 heavy (non-hydrogen) atoms. The molecule has 0 aliphatic heterocycles. The Hall–Kier alpha value is 0.243. The molecule has 0 unspecified atom stereocenters. The van der Waals surface area contributed by atoms with E-state index in [0.29, 0.717) is 0 Å². The molecule has 0 radical (unpaired) electrons. The molecule has 0 saturated carbocycles. The fourth-order valence-corrected chi connectivity index (χ4v) is 1.40. The molecular weight excluding hydrogens is 488 g/mol.